The van der Waals surface area contributed by atoms with E-state index in [-0.39, 0.29) is 24.0 Å². The quantitative estimate of drug-likeness (QED) is 0.714. The monoisotopic (exact) mass is 354 g/mol. The highest BCUT2D eigenvalue weighted by Crippen LogP contribution is 2.26. The SMILES string of the molecule is O=C(Cc1ccccc1)Nc1cc(NC(=O)c2ccco2)ccc1Cl. The maximum Gasteiger partial charge on any atom is 0.291 e. The molecule has 5 nitrogen and oxygen atoms in total. The van der Waals surface area contributed by atoms with Crippen LogP contribution in [-0.2, 0) is 11.2 Å². The topological polar surface area (TPSA) is 71.3 Å². The van der Waals surface area contributed by atoms with Crippen molar-refractivity contribution in [2.75, 3.05) is 10.6 Å². The average molecular weight is 355 g/mol. The predicted molar refractivity (Wildman–Crippen MR) is 96.9 cm³/mol. The highest BCUT2D eigenvalue weighted by Gasteiger charge is 2.11. The largest absolute Gasteiger partial charge is 0.459 e. The Kier molecular flexibility index (Phi) is 5.16. The number of hydrogen-bond acceptors (Lipinski definition) is 3. The number of amides is 2. The smallest absolute Gasteiger partial charge is 0.291 e. The van der Waals surface area contributed by atoms with E-state index in [1.54, 1.807) is 30.3 Å². The van der Waals surface area contributed by atoms with Crippen LogP contribution < -0.4 is 10.6 Å². The molecule has 2 aromatic carbocycles. The van der Waals surface area contributed by atoms with E-state index in [0.29, 0.717) is 16.4 Å². The highest BCUT2D eigenvalue weighted by molar-refractivity contribution is 6.33. The first kappa shape index (κ1) is 16.8. The summed E-state index contributed by atoms with van der Waals surface area (Å²) in [7, 11) is 0. The van der Waals surface area contributed by atoms with Crippen molar-refractivity contribution in [1.82, 2.24) is 0 Å². The number of carbonyl (C=O) groups is 2. The molecule has 0 atom stereocenters. The fraction of sp³-hybridized carbons (Fsp3) is 0.0526. The Balaban J connectivity index is 1.69. The number of halogens is 1. The van der Waals surface area contributed by atoms with Gasteiger partial charge in [-0.15, -0.1) is 0 Å². The Morgan fingerprint density at radius 1 is 0.960 bits per heavy atom. The number of nitrogens with one attached hydrogen (secondary N) is 2. The molecule has 0 aliphatic carbocycles. The van der Waals surface area contributed by atoms with Crippen molar-refractivity contribution in [1.29, 1.82) is 0 Å². The van der Waals surface area contributed by atoms with Gasteiger partial charge in [0.2, 0.25) is 5.91 Å². The molecule has 0 spiro atoms. The van der Waals surface area contributed by atoms with Crippen LogP contribution in [-0.4, -0.2) is 11.8 Å². The minimum atomic E-state index is -0.381. The van der Waals surface area contributed by atoms with Gasteiger partial charge in [-0.05, 0) is 35.9 Å². The van der Waals surface area contributed by atoms with Gasteiger partial charge in [0.25, 0.3) is 5.91 Å². The molecule has 0 bridgehead atoms. The minimum Gasteiger partial charge on any atom is -0.459 e. The number of anilines is 2. The van der Waals surface area contributed by atoms with Crippen LogP contribution in [0.1, 0.15) is 16.1 Å². The summed E-state index contributed by atoms with van der Waals surface area (Å²) in [4.78, 5) is 24.2. The molecule has 6 heteroatoms. The van der Waals surface area contributed by atoms with Crippen molar-refractivity contribution in [2.45, 2.75) is 6.42 Å². The maximum absolute atomic E-state index is 12.2. The number of benzene rings is 2. The Hall–Kier alpha value is -3.05. The van der Waals surface area contributed by atoms with Gasteiger partial charge in [0, 0.05) is 5.69 Å². The van der Waals surface area contributed by atoms with E-state index in [9.17, 15) is 9.59 Å². The maximum atomic E-state index is 12.2. The zero-order valence-corrected chi connectivity index (χ0v) is 13.9. The molecular formula is C19H15ClN2O3. The number of hydrogen-bond donors (Lipinski definition) is 2. The third kappa shape index (κ3) is 4.49. The molecule has 0 aliphatic heterocycles. The van der Waals surface area contributed by atoms with Gasteiger partial charge in [0.1, 0.15) is 0 Å². The lowest BCUT2D eigenvalue weighted by atomic mass is 10.1. The van der Waals surface area contributed by atoms with Crippen molar-refractivity contribution >= 4 is 34.8 Å². The Bertz CT molecular complexity index is 877. The first-order chi connectivity index (χ1) is 12.1. The molecule has 0 fully saturated rings. The molecular weight excluding hydrogens is 340 g/mol. The molecule has 2 N–H and O–H groups in total. The zero-order chi connectivity index (χ0) is 17.6. The third-order valence-electron chi connectivity index (χ3n) is 3.45. The lowest BCUT2D eigenvalue weighted by Gasteiger charge is -2.10. The van der Waals surface area contributed by atoms with Crippen LogP contribution in [0.15, 0.2) is 71.3 Å². The summed E-state index contributed by atoms with van der Waals surface area (Å²) in [5, 5.41) is 5.84. The average Bonchev–Trinajstić information content (AvgIpc) is 3.13. The van der Waals surface area contributed by atoms with Crippen LogP contribution in [0.2, 0.25) is 5.02 Å². The number of furan rings is 1. The summed E-state index contributed by atoms with van der Waals surface area (Å²) in [6, 6.07) is 17.5. The van der Waals surface area contributed by atoms with Gasteiger partial charge in [-0.25, -0.2) is 0 Å². The molecule has 1 aromatic heterocycles. The second-order valence-corrected chi connectivity index (χ2v) is 5.74. The second-order valence-electron chi connectivity index (χ2n) is 5.34. The van der Waals surface area contributed by atoms with E-state index in [1.807, 2.05) is 30.3 Å². The molecule has 1 heterocycles. The molecule has 0 saturated heterocycles. The Labute approximate surface area is 149 Å². The fourth-order valence-electron chi connectivity index (χ4n) is 2.27. The van der Waals surface area contributed by atoms with Crippen LogP contribution >= 0.6 is 11.6 Å². The number of carbonyl (C=O) groups excluding carboxylic acids is 2. The minimum absolute atomic E-state index is 0.192. The zero-order valence-electron chi connectivity index (χ0n) is 13.2. The molecule has 3 rings (SSSR count). The first-order valence-corrected chi connectivity index (χ1v) is 7.98. The van der Waals surface area contributed by atoms with Crippen molar-refractivity contribution < 1.29 is 14.0 Å². The van der Waals surface area contributed by atoms with Gasteiger partial charge in [-0.2, -0.15) is 0 Å². The van der Waals surface area contributed by atoms with Crippen molar-refractivity contribution in [3.8, 4) is 0 Å². The van der Waals surface area contributed by atoms with E-state index in [1.165, 1.54) is 6.26 Å². The van der Waals surface area contributed by atoms with Gasteiger partial charge in [-0.3, -0.25) is 9.59 Å². The molecule has 3 aromatic rings. The first-order valence-electron chi connectivity index (χ1n) is 7.60. The molecule has 126 valence electrons. The van der Waals surface area contributed by atoms with Gasteiger partial charge >= 0.3 is 0 Å². The van der Waals surface area contributed by atoms with E-state index in [0.717, 1.165) is 5.56 Å². The summed E-state index contributed by atoms with van der Waals surface area (Å²) in [6.07, 6.45) is 1.66. The molecule has 25 heavy (non-hydrogen) atoms. The summed E-state index contributed by atoms with van der Waals surface area (Å²) in [5.41, 5.74) is 1.83. The Morgan fingerprint density at radius 2 is 1.76 bits per heavy atom. The van der Waals surface area contributed by atoms with Crippen LogP contribution in [0.4, 0.5) is 11.4 Å². The van der Waals surface area contributed by atoms with Crippen LogP contribution in [0.5, 0.6) is 0 Å². The third-order valence-corrected chi connectivity index (χ3v) is 3.78. The summed E-state index contributed by atoms with van der Waals surface area (Å²) < 4.78 is 5.04. The van der Waals surface area contributed by atoms with Crippen LogP contribution in [0.3, 0.4) is 0 Å². The van der Waals surface area contributed by atoms with E-state index in [2.05, 4.69) is 10.6 Å². The van der Waals surface area contributed by atoms with Gasteiger partial charge < -0.3 is 15.1 Å². The highest BCUT2D eigenvalue weighted by atomic mass is 35.5. The molecule has 0 saturated carbocycles. The predicted octanol–water partition coefficient (Wildman–Crippen LogP) is 4.37. The molecule has 0 radical (unpaired) electrons. The van der Waals surface area contributed by atoms with Crippen LogP contribution in [0.25, 0.3) is 0 Å². The molecule has 0 unspecified atom stereocenters. The summed E-state index contributed by atoms with van der Waals surface area (Å²) in [6.45, 7) is 0. The number of rotatable bonds is 5. The lowest BCUT2D eigenvalue weighted by Crippen LogP contribution is -2.15. The van der Waals surface area contributed by atoms with Crippen molar-refractivity contribution in [3.63, 3.8) is 0 Å². The fourth-order valence-corrected chi connectivity index (χ4v) is 2.44. The van der Waals surface area contributed by atoms with Crippen molar-refractivity contribution in [3.05, 3.63) is 83.3 Å². The summed E-state index contributed by atoms with van der Waals surface area (Å²) >= 11 is 6.13. The molecule has 2 amide bonds. The summed E-state index contributed by atoms with van der Waals surface area (Å²) in [5.74, 6) is -0.374. The molecule has 0 aliphatic rings. The van der Waals surface area contributed by atoms with Gasteiger partial charge in [0.05, 0.1) is 23.4 Å². The van der Waals surface area contributed by atoms with Gasteiger partial charge in [-0.1, -0.05) is 41.9 Å². The standard InChI is InChI=1S/C19H15ClN2O3/c20-15-9-8-14(21-19(24)17-7-4-10-25-17)12-16(15)22-18(23)11-13-5-2-1-3-6-13/h1-10,12H,11H2,(H,21,24)(H,22,23). The lowest BCUT2D eigenvalue weighted by molar-refractivity contribution is -0.115. The Morgan fingerprint density at radius 3 is 2.48 bits per heavy atom. The van der Waals surface area contributed by atoms with Crippen LogP contribution in [0, 0.1) is 0 Å². The second kappa shape index (κ2) is 7.68. The van der Waals surface area contributed by atoms with E-state index in [4.69, 9.17) is 16.0 Å². The van der Waals surface area contributed by atoms with E-state index < -0.39 is 0 Å². The van der Waals surface area contributed by atoms with E-state index >= 15 is 0 Å². The normalized spacial score (nSPS) is 10.3. The van der Waals surface area contributed by atoms with Gasteiger partial charge in [0.15, 0.2) is 5.76 Å². The van der Waals surface area contributed by atoms with Crippen molar-refractivity contribution in [2.24, 2.45) is 0 Å².